The van der Waals surface area contributed by atoms with E-state index in [9.17, 15) is 4.79 Å². The fourth-order valence-electron chi connectivity index (χ4n) is 2.92. The zero-order chi connectivity index (χ0) is 16.4. The first-order valence-corrected chi connectivity index (χ1v) is 7.97. The van der Waals surface area contributed by atoms with E-state index in [1.165, 1.54) is 0 Å². The van der Waals surface area contributed by atoms with Crippen LogP contribution in [-0.2, 0) is 0 Å². The molecule has 1 fully saturated rings. The van der Waals surface area contributed by atoms with Crippen LogP contribution in [0.4, 0.5) is 5.95 Å². The standard InChI is InChI=1S/C17H18N4O3/c22-14(13-2-3-15-16(10-13)24-12-23-15)11-20-6-8-21(9-7-20)17-18-4-1-5-19-17/h1-5,10H,6-9,11-12H2. The Bertz CT molecular complexity index is 730. The Morgan fingerprint density at radius 3 is 2.58 bits per heavy atom. The van der Waals surface area contributed by atoms with Gasteiger partial charge >= 0.3 is 0 Å². The van der Waals surface area contributed by atoms with Gasteiger partial charge in [0, 0.05) is 44.1 Å². The lowest BCUT2D eigenvalue weighted by atomic mass is 10.1. The van der Waals surface area contributed by atoms with Gasteiger partial charge in [0.15, 0.2) is 17.3 Å². The SMILES string of the molecule is O=C(CN1CCN(c2ncccn2)CC1)c1ccc2c(c1)OCO2. The summed E-state index contributed by atoms with van der Waals surface area (Å²) < 4.78 is 10.6. The maximum Gasteiger partial charge on any atom is 0.231 e. The highest BCUT2D eigenvalue weighted by atomic mass is 16.7. The summed E-state index contributed by atoms with van der Waals surface area (Å²) in [4.78, 5) is 25.3. The first-order valence-electron chi connectivity index (χ1n) is 7.97. The van der Waals surface area contributed by atoms with Crippen LogP contribution in [0, 0.1) is 0 Å². The van der Waals surface area contributed by atoms with Gasteiger partial charge in [-0.05, 0) is 24.3 Å². The minimum absolute atomic E-state index is 0.0951. The highest BCUT2D eigenvalue weighted by Gasteiger charge is 2.22. The summed E-state index contributed by atoms with van der Waals surface area (Å²) in [5.74, 6) is 2.19. The Balaban J connectivity index is 1.34. The van der Waals surface area contributed by atoms with Crippen LogP contribution in [0.3, 0.4) is 0 Å². The van der Waals surface area contributed by atoms with Gasteiger partial charge in [0.2, 0.25) is 12.7 Å². The smallest absolute Gasteiger partial charge is 0.231 e. The van der Waals surface area contributed by atoms with Crippen molar-refractivity contribution in [1.29, 1.82) is 0 Å². The van der Waals surface area contributed by atoms with Crippen molar-refractivity contribution < 1.29 is 14.3 Å². The van der Waals surface area contributed by atoms with Crippen LogP contribution < -0.4 is 14.4 Å². The highest BCUT2D eigenvalue weighted by molar-refractivity contribution is 5.98. The molecule has 1 aromatic heterocycles. The zero-order valence-electron chi connectivity index (χ0n) is 13.2. The first-order chi connectivity index (χ1) is 11.8. The number of rotatable bonds is 4. The number of anilines is 1. The average molecular weight is 326 g/mol. The van der Waals surface area contributed by atoms with Crippen molar-refractivity contribution in [1.82, 2.24) is 14.9 Å². The Morgan fingerprint density at radius 2 is 1.79 bits per heavy atom. The topological polar surface area (TPSA) is 67.8 Å². The number of carbonyl (C=O) groups is 1. The molecule has 0 N–H and O–H groups in total. The maximum absolute atomic E-state index is 12.5. The molecular formula is C17H18N4O3. The van der Waals surface area contributed by atoms with Crippen molar-refractivity contribution in [2.24, 2.45) is 0 Å². The van der Waals surface area contributed by atoms with Crippen LogP contribution in [0.5, 0.6) is 11.5 Å². The monoisotopic (exact) mass is 326 g/mol. The molecule has 0 unspecified atom stereocenters. The molecule has 4 rings (SSSR count). The third kappa shape index (κ3) is 3.03. The van der Waals surface area contributed by atoms with Crippen LogP contribution in [0.1, 0.15) is 10.4 Å². The molecule has 2 aliphatic rings. The average Bonchev–Trinajstić information content (AvgIpc) is 3.11. The van der Waals surface area contributed by atoms with Gasteiger partial charge in [-0.2, -0.15) is 0 Å². The number of benzene rings is 1. The van der Waals surface area contributed by atoms with Crippen LogP contribution in [0.25, 0.3) is 0 Å². The van der Waals surface area contributed by atoms with Gasteiger partial charge in [-0.1, -0.05) is 0 Å². The van der Waals surface area contributed by atoms with Gasteiger partial charge in [-0.3, -0.25) is 9.69 Å². The van der Waals surface area contributed by atoms with Crippen LogP contribution in [0.15, 0.2) is 36.7 Å². The normalized spacial score (nSPS) is 17.1. The molecule has 0 amide bonds. The molecule has 124 valence electrons. The number of fused-ring (bicyclic) bond motifs is 1. The fourth-order valence-corrected chi connectivity index (χ4v) is 2.92. The maximum atomic E-state index is 12.5. The predicted molar refractivity (Wildman–Crippen MR) is 87.6 cm³/mol. The summed E-state index contributed by atoms with van der Waals surface area (Å²) in [7, 11) is 0. The summed E-state index contributed by atoms with van der Waals surface area (Å²) in [6, 6.07) is 7.16. The van der Waals surface area contributed by atoms with Crippen molar-refractivity contribution in [3.8, 4) is 11.5 Å². The van der Waals surface area contributed by atoms with Crippen LogP contribution in [-0.4, -0.2) is 60.2 Å². The fraction of sp³-hybridized carbons (Fsp3) is 0.353. The number of piperazine rings is 1. The number of ketones is 1. The summed E-state index contributed by atoms with van der Waals surface area (Å²) >= 11 is 0. The molecule has 0 saturated carbocycles. The molecule has 1 aromatic carbocycles. The van der Waals surface area contributed by atoms with E-state index < -0.39 is 0 Å². The number of ether oxygens (including phenoxy) is 2. The number of aromatic nitrogens is 2. The number of carbonyl (C=O) groups excluding carboxylic acids is 1. The molecule has 0 spiro atoms. The third-order valence-electron chi connectivity index (χ3n) is 4.27. The second-order valence-corrected chi connectivity index (χ2v) is 5.80. The Kier molecular flexibility index (Phi) is 4.00. The van der Waals surface area contributed by atoms with Crippen molar-refractivity contribution in [3.05, 3.63) is 42.2 Å². The van der Waals surface area contributed by atoms with Gasteiger partial charge in [0.05, 0.1) is 6.54 Å². The molecular weight excluding hydrogens is 308 g/mol. The van der Waals surface area contributed by atoms with E-state index in [-0.39, 0.29) is 12.6 Å². The molecule has 1 saturated heterocycles. The van der Waals surface area contributed by atoms with Gasteiger partial charge in [0.25, 0.3) is 0 Å². The Morgan fingerprint density at radius 1 is 1.04 bits per heavy atom. The van der Waals surface area contributed by atoms with E-state index in [2.05, 4.69) is 19.8 Å². The second-order valence-electron chi connectivity index (χ2n) is 5.80. The van der Waals surface area contributed by atoms with E-state index in [0.717, 1.165) is 32.1 Å². The van der Waals surface area contributed by atoms with E-state index in [4.69, 9.17) is 9.47 Å². The molecule has 0 bridgehead atoms. The molecule has 24 heavy (non-hydrogen) atoms. The summed E-state index contributed by atoms with van der Waals surface area (Å²) in [5.41, 5.74) is 0.660. The van der Waals surface area contributed by atoms with Crippen LogP contribution in [0.2, 0.25) is 0 Å². The van der Waals surface area contributed by atoms with Gasteiger partial charge in [0.1, 0.15) is 0 Å². The first kappa shape index (κ1) is 14.9. The second kappa shape index (κ2) is 6.45. The minimum Gasteiger partial charge on any atom is -0.454 e. The molecule has 0 atom stereocenters. The molecule has 2 aliphatic heterocycles. The molecule has 3 heterocycles. The predicted octanol–water partition coefficient (Wildman–Crippen LogP) is 1.21. The van der Waals surface area contributed by atoms with Gasteiger partial charge < -0.3 is 14.4 Å². The molecule has 7 nitrogen and oxygen atoms in total. The molecule has 0 radical (unpaired) electrons. The van der Waals surface area contributed by atoms with Crippen LogP contribution >= 0.6 is 0 Å². The van der Waals surface area contributed by atoms with Crippen molar-refractivity contribution in [2.75, 3.05) is 44.4 Å². The van der Waals surface area contributed by atoms with E-state index >= 15 is 0 Å². The molecule has 7 heteroatoms. The highest BCUT2D eigenvalue weighted by Crippen LogP contribution is 2.32. The zero-order valence-corrected chi connectivity index (χ0v) is 13.2. The molecule has 0 aliphatic carbocycles. The Hall–Kier alpha value is -2.67. The van der Waals surface area contributed by atoms with E-state index in [1.807, 2.05) is 6.07 Å². The quantitative estimate of drug-likeness (QED) is 0.782. The van der Waals surface area contributed by atoms with Crippen molar-refractivity contribution in [2.45, 2.75) is 0 Å². The van der Waals surface area contributed by atoms with Gasteiger partial charge in [-0.15, -0.1) is 0 Å². The van der Waals surface area contributed by atoms with E-state index in [1.54, 1.807) is 30.6 Å². The minimum atomic E-state index is 0.0951. The lowest BCUT2D eigenvalue weighted by Gasteiger charge is -2.34. The summed E-state index contributed by atoms with van der Waals surface area (Å²) in [5, 5.41) is 0. The van der Waals surface area contributed by atoms with Crippen molar-refractivity contribution in [3.63, 3.8) is 0 Å². The number of Topliss-reactive ketones (excluding diaryl/α,β-unsaturated/α-hetero) is 1. The lowest BCUT2D eigenvalue weighted by molar-refractivity contribution is 0.0926. The molecule has 2 aromatic rings. The third-order valence-corrected chi connectivity index (χ3v) is 4.27. The number of nitrogens with zero attached hydrogens (tertiary/aromatic N) is 4. The van der Waals surface area contributed by atoms with Gasteiger partial charge in [-0.25, -0.2) is 9.97 Å². The summed E-state index contributed by atoms with van der Waals surface area (Å²) in [6.45, 7) is 3.89. The summed E-state index contributed by atoms with van der Waals surface area (Å²) in [6.07, 6.45) is 3.50. The van der Waals surface area contributed by atoms with E-state index in [0.29, 0.717) is 23.6 Å². The Labute approximate surface area is 139 Å². The van der Waals surface area contributed by atoms with Crippen molar-refractivity contribution >= 4 is 11.7 Å². The lowest BCUT2D eigenvalue weighted by Crippen LogP contribution is -2.48. The number of hydrogen-bond acceptors (Lipinski definition) is 7. The largest absolute Gasteiger partial charge is 0.454 e. The number of hydrogen-bond donors (Lipinski definition) is 0.